The van der Waals surface area contributed by atoms with Crippen LogP contribution < -0.4 is 5.32 Å². The highest BCUT2D eigenvalue weighted by Crippen LogP contribution is 2.37. The molecule has 18 heavy (non-hydrogen) atoms. The molecule has 1 aromatic carbocycles. The quantitative estimate of drug-likeness (QED) is 0.927. The molecule has 3 rings (SSSR count). The summed E-state index contributed by atoms with van der Waals surface area (Å²) in [5, 5.41) is 3.59. The van der Waals surface area contributed by atoms with Gasteiger partial charge in [0.05, 0.1) is 14.8 Å². The molecular weight excluding hydrogens is 270 g/mol. The number of halogens is 1. The third kappa shape index (κ3) is 1.88. The van der Waals surface area contributed by atoms with Crippen molar-refractivity contribution in [1.29, 1.82) is 0 Å². The molecule has 0 unspecified atom stereocenters. The monoisotopic (exact) mass is 283 g/mol. The zero-order chi connectivity index (χ0) is 12.8. The molecular formula is C13H14ClNO2S. The largest absolute Gasteiger partial charge is 0.309 e. The van der Waals surface area contributed by atoms with Gasteiger partial charge in [0.25, 0.3) is 0 Å². The van der Waals surface area contributed by atoms with Gasteiger partial charge in [0.1, 0.15) is 0 Å². The zero-order valence-corrected chi connectivity index (χ0v) is 11.4. The molecule has 0 amide bonds. The Labute approximate surface area is 112 Å². The van der Waals surface area contributed by atoms with Crippen LogP contribution >= 0.6 is 11.6 Å². The van der Waals surface area contributed by atoms with Crippen LogP contribution in [-0.2, 0) is 9.84 Å². The topological polar surface area (TPSA) is 46.2 Å². The molecule has 0 radical (unpaired) electrons. The summed E-state index contributed by atoms with van der Waals surface area (Å²) in [6, 6.07) is 5.65. The normalized spacial score (nSPS) is 21.3. The minimum absolute atomic E-state index is 0.261. The fourth-order valence-electron chi connectivity index (χ4n) is 2.31. The Morgan fingerprint density at radius 2 is 2.11 bits per heavy atom. The predicted octanol–water partition coefficient (Wildman–Crippen LogP) is 2.61. The first-order valence-corrected chi connectivity index (χ1v) is 7.93. The molecule has 1 aromatic rings. The summed E-state index contributed by atoms with van der Waals surface area (Å²) in [6.45, 7) is 0.401. The second-order valence-electron chi connectivity index (χ2n) is 4.78. The van der Waals surface area contributed by atoms with Crippen molar-refractivity contribution in [2.75, 3.05) is 6.54 Å². The lowest BCUT2D eigenvalue weighted by Gasteiger charge is -2.26. The molecule has 1 saturated carbocycles. The molecule has 3 nitrogen and oxygen atoms in total. The van der Waals surface area contributed by atoms with Crippen LogP contribution in [0.1, 0.15) is 24.8 Å². The number of benzene rings is 1. The van der Waals surface area contributed by atoms with E-state index >= 15 is 0 Å². The van der Waals surface area contributed by atoms with Gasteiger partial charge in [-0.1, -0.05) is 30.2 Å². The van der Waals surface area contributed by atoms with Gasteiger partial charge in [0, 0.05) is 12.6 Å². The van der Waals surface area contributed by atoms with Crippen molar-refractivity contribution in [1.82, 2.24) is 5.32 Å². The average molecular weight is 284 g/mol. The molecule has 96 valence electrons. The van der Waals surface area contributed by atoms with Gasteiger partial charge in [-0.05, 0) is 30.5 Å². The SMILES string of the molecule is O=S1(=O)C(CNC2CCC2)=Cc2cccc(Cl)c21. The summed E-state index contributed by atoms with van der Waals surface area (Å²) in [6.07, 6.45) is 5.24. The van der Waals surface area contributed by atoms with Gasteiger partial charge < -0.3 is 5.32 Å². The highest BCUT2D eigenvalue weighted by molar-refractivity contribution is 7.96. The maximum Gasteiger partial charge on any atom is 0.206 e. The molecule has 0 aromatic heterocycles. The number of hydrogen-bond donors (Lipinski definition) is 1. The first-order valence-electron chi connectivity index (χ1n) is 6.06. The minimum atomic E-state index is -3.39. The Kier molecular flexibility index (Phi) is 2.96. The maximum absolute atomic E-state index is 12.3. The number of fused-ring (bicyclic) bond motifs is 1. The Bertz CT molecular complexity index is 618. The maximum atomic E-state index is 12.3. The summed E-state index contributed by atoms with van der Waals surface area (Å²) in [5.41, 5.74) is 0.702. The van der Waals surface area contributed by atoms with Crippen molar-refractivity contribution < 1.29 is 8.42 Å². The third-order valence-corrected chi connectivity index (χ3v) is 5.97. The van der Waals surface area contributed by atoms with Crippen molar-refractivity contribution in [3.63, 3.8) is 0 Å². The minimum Gasteiger partial charge on any atom is -0.309 e. The molecule has 5 heteroatoms. The Morgan fingerprint density at radius 1 is 1.33 bits per heavy atom. The molecule has 1 heterocycles. The van der Waals surface area contributed by atoms with E-state index in [0.29, 0.717) is 28.1 Å². The first-order chi connectivity index (χ1) is 8.59. The molecule has 1 fully saturated rings. The van der Waals surface area contributed by atoms with Crippen LogP contribution in [0.5, 0.6) is 0 Å². The van der Waals surface area contributed by atoms with E-state index < -0.39 is 9.84 Å². The van der Waals surface area contributed by atoms with Crippen LogP contribution in [0.2, 0.25) is 5.02 Å². The van der Waals surface area contributed by atoms with Crippen LogP contribution in [0.25, 0.3) is 6.08 Å². The van der Waals surface area contributed by atoms with E-state index in [2.05, 4.69) is 5.32 Å². The lowest BCUT2D eigenvalue weighted by atomic mass is 9.93. The van der Waals surface area contributed by atoms with Crippen LogP contribution in [0.4, 0.5) is 0 Å². The van der Waals surface area contributed by atoms with Crippen molar-refractivity contribution in [2.45, 2.75) is 30.2 Å². The highest BCUT2D eigenvalue weighted by atomic mass is 35.5. The van der Waals surface area contributed by atoms with E-state index in [0.717, 1.165) is 12.8 Å². The summed E-state index contributed by atoms with van der Waals surface area (Å²) in [5.74, 6) is 0. The van der Waals surface area contributed by atoms with Crippen LogP contribution in [0, 0.1) is 0 Å². The number of nitrogens with one attached hydrogen (secondary N) is 1. The molecule has 2 aliphatic rings. The standard InChI is InChI=1S/C13H14ClNO2S/c14-12-6-1-3-9-7-11(18(16,17)13(9)12)8-15-10-4-2-5-10/h1,3,6-7,10,15H,2,4-5,8H2. The molecule has 0 spiro atoms. The molecule has 1 aliphatic carbocycles. The highest BCUT2D eigenvalue weighted by Gasteiger charge is 2.32. The van der Waals surface area contributed by atoms with E-state index in [1.165, 1.54) is 6.42 Å². The fourth-order valence-corrected chi connectivity index (χ4v) is 4.37. The second kappa shape index (κ2) is 4.37. The fraction of sp³-hybridized carbons (Fsp3) is 0.385. The number of rotatable bonds is 3. The van der Waals surface area contributed by atoms with E-state index in [-0.39, 0.29) is 4.90 Å². The third-order valence-electron chi connectivity index (χ3n) is 3.60. The van der Waals surface area contributed by atoms with Gasteiger partial charge in [-0.3, -0.25) is 0 Å². The summed E-state index contributed by atoms with van der Waals surface area (Å²) >= 11 is 5.99. The van der Waals surface area contributed by atoms with E-state index in [1.807, 2.05) is 0 Å². The van der Waals surface area contributed by atoms with E-state index in [9.17, 15) is 8.42 Å². The van der Waals surface area contributed by atoms with Crippen molar-refractivity contribution in [2.24, 2.45) is 0 Å². The molecule has 1 aliphatic heterocycles. The second-order valence-corrected chi connectivity index (χ2v) is 7.13. The zero-order valence-electron chi connectivity index (χ0n) is 9.82. The van der Waals surface area contributed by atoms with Gasteiger partial charge in [-0.2, -0.15) is 0 Å². The summed E-state index contributed by atoms with van der Waals surface area (Å²) in [4.78, 5) is 0.689. The van der Waals surface area contributed by atoms with Crippen molar-refractivity contribution in [3.8, 4) is 0 Å². The van der Waals surface area contributed by atoms with E-state index in [4.69, 9.17) is 11.6 Å². The predicted molar refractivity (Wildman–Crippen MR) is 72.3 cm³/mol. The Hall–Kier alpha value is -0.840. The number of sulfone groups is 1. The van der Waals surface area contributed by atoms with Gasteiger partial charge in [-0.25, -0.2) is 8.42 Å². The smallest absolute Gasteiger partial charge is 0.206 e. The lowest BCUT2D eigenvalue weighted by molar-refractivity contribution is 0.351. The van der Waals surface area contributed by atoms with Gasteiger partial charge >= 0.3 is 0 Å². The molecule has 0 atom stereocenters. The van der Waals surface area contributed by atoms with Gasteiger partial charge in [0.2, 0.25) is 9.84 Å². The average Bonchev–Trinajstić information content (AvgIpc) is 2.49. The summed E-state index contributed by atoms with van der Waals surface area (Å²) < 4.78 is 24.7. The van der Waals surface area contributed by atoms with Crippen molar-refractivity contribution in [3.05, 3.63) is 33.7 Å². The first kappa shape index (κ1) is 12.2. The van der Waals surface area contributed by atoms with Crippen LogP contribution in [-0.4, -0.2) is 21.0 Å². The molecule has 1 N–H and O–H groups in total. The van der Waals surface area contributed by atoms with Crippen LogP contribution in [0.3, 0.4) is 0 Å². The summed E-state index contributed by atoms with van der Waals surface area (Å²) in [7, 11) is -3.39. The lowest BCUT2D eigenvalue weighted by Crippen LogP contribution is -2.36. The molecule has 0 saturated heterocycles. The van der Waals surface area contributed by atoms with Gasteiger partial charge in [0.15, 0.2) is 0 Å². The Balaban J connectivity index is 1.88. The van der Waals surface area contributed by atoms with Crippen LogP contribution in [0.15, 0.2) is 28.0 Å². The van der Waals surface area contributed by atoms with Gasteiger partial charge in [-0.15, -0.1) is 0 Å². The molecule has 0 bridgehead atoms. The van der Waals surface area contributed by atoms with Crippen molar-refractivity contribution >= 4 is 27.5 Å². The van der Waals surface area contributed by atoms with E-state index in [1.54, 1.807) is 24.3 Å². The number of hydrogen-bond acceptors (Lipinski definition) is 3. The Morgan fingerprint density at radius 3 is 2.72 bits per heavy atom.